The van der Waals surface area contributed by atoms with Crippen LogP contribution >= 0.6 is 0 Å². The average Bonchev–Trinajstić information content (AvgIpc) is 2.46. The van der Waals surface area contributed by atoms with Gasteiger partial charge in [-0.25, -0.2) is 13.6 Å². The van der Waals surface area contributed by atoms with Crippen LogP contribution in [0.3, 0.4) is 0 Å². The largest absolute Gasteiger partial charge is 0.255 e. The molecule has 0 radical (unpaired) electrons. The van der Waals surface area contributed by atoms with Gasteiger partial charge in [-0.05, 0) is 12.8 Å². The molecule has 0 aliphatic rings. The third kappa shape index (κ3) is 2.13. The van der Waals surface area contributed by atoms with Crippen molar-refractivity contribution in [2.75, 3.05) is 0 Å². The van der Waals surface area contributed by atoms with E-state index in [1.807, 2.05) is 20.8 Å². The summed E-state index contributed by atoms with van der Waals surface area (Å²) in [6.07, 6.45) is 0. The van der Waals surface area contributed by atoms with Gasteiger partial charge in [-0.15, -0.1) is 0 Å². The molecular formula is C8H15N3O2S. The van der Waals surface area contributed by atoms with Crippen LogP contribution in [0.1, 0.15) is 32.4 Å². The summed E-state index contributed by atoms with van der Waals surface area (Å²) in [5.41, 5.74) is 0.746. The van der Waals surface area contributed by atoms with Crippen LogP contribution in [0.4, 0.5) is 0 Å². The van der Waals surface area contributed by atoms with E-state index >= 15 is 0 Å². The number of rotatable bonds is 3. The van der Waals surface area contributed by atoms with Crippen LogP contribution in [0.2, 0.25) is 0 Å². The molecule has 0 fully saturated rings. The Labute approximate surface area is 84.0 Å². The van der Waals surface area contributed by atoms with Gasteiger partial charge in [0.05, 0.1) is 5.69 Å². The van der Waals surface area contributed by atoms with Gasteiger partial charge in [0, 0.05) is 12.6 Å². The highest BCUT2D eigenvalue weighted by molar-refractivity contribution is 7.89. The molecule has 80 valence electrons. The van der Waals surface area contributed by atoms with Crippen molar-refractivity contribution < 1.29 is 8.42 Å². The summed E-state index contributed by atoms with van der Waals surface area (Å²) < 4.78 is 23.7. The van der Waals surface area contributed by atoms with E-state index in [-0.39, 0.29) is 10.9 Å². The molecule has 1 heterocycles. The molecule has 1 rings (SSSR count). The van der Waals surface area contributed by atoms with Crippen LogP contribution in [0, 0.1) is 0 Å². The number of aryl methyl sites for hydroxylation is 1. The zero-order valence-corrected chi connectivity index (χ0v) is 9.37. The Bertz CT molecular complexity index is 420. The van der Waals surface area contributed by atoms with E-state index in [0.717, 1.165) is 5.69 Å². The summed E-state index contributed by atoms with van der Waals surface area (Å²) in [4.78, 5) is 0. The van der Waals surface area contributed by atoms with E-state index in [4.69, 9.17) is 5.14 Å². The van der Waals surface area contributed by atoms with E-state index in [1.54, 1.807) is 0 Å². The Balaban J connectivity index is 3.30. The molecule has 0 amide bonds. The molecule has 0 unspecified atom stereocenters. The lowest BCUT2D eigenvalue weighted by atomic mass is 10.1. The first kappa shape index (κ1) is 11.2. The van der Waals surface area contributed by atoms with E-state index in [0.29, 0.717) is 6.54 Å². The second-order valence-corrected chi connectivity index (χ2v) is 4.93. The van der Waals surface area contributed by atoms with Crippen molar-refractivity contribution in [2.24, 2.45) is 5.14 Å². The summed E-state index contributed by atoms with van der Waals surface area (Å²) in [5, 5.41) is 9.30. The van der Waals surface area contributed by atoms with E-state index in [9.17, 15) is 8.42 Å². The first-order valence-corrected chi connectivity index (χ1v) is 6.01. The van der Waals surface area contributed by atoms with E-state index in [1.165, 1.54) is 10.7 Å². The van der Waals surface area contributed by atoms with Gasteiger partial charge in [0.25, 0.3) is 10.0 Å². The van der Waals surface area contributed by atoms with Gasteiger partial charge in [0.2, 0.25) is 0 Å². The number of sulfonamides is 1. The molecule has 1 aromatic rings. The monoisotopic (exact) mass is 217 g/mol. The van der Waals surface area contributed by atoms with Crippen LogP contribution in [-0.2, 0) is 16.6 Å². The Morgan fingerprint density at radius 2 is 2.14 bits per heavy atom. The van der Waals surface area contributed by atoms with Gasteiger partial charge in [-0.2, -0.15) is 5.10 Å². The van der Waals surface area contributed by atoms with Crippen molar-refractivity contribution in [3.8, 4) is 0 Å². The van der Waals surface area contributed by atoms with Gasteiger partial charge >= 0.3 is 0 Å². The summed E-state index contributed by atoms with van der Waals surface area (Å²) in [6, 6.07) is 1.53. The summed E-state index contributed by atoms with van der Waals surface area (Å²) in [6.45, 7) is 6.23. The Morgan fingerprint density at radius 3 is 2.43 bits per heavy atom. The van der Waals surface area contributed by atoms with Crippen LogP contribution < -0.4 is 5.14 Å². The number of nitrogens with two attached hydrogens (primary N) is 1. The fraction of sp³-hybridized carbons (Fsp3) is 0.625. The standard InChI is InChI=1S/C8H15N3O2S/c1-4-11-8(14(9,12)13)5-7(10-11)6(2)3/h5-6H,4H2,1-3H3,(H2,9,12,13). The molecule has 2 N–H and O–H groups in total. The molecule has 0 bridgehead atoms. The number of hydrogen-bond donors (Lipinski definition) is 1. The lowest BCUT2D eigenvalue weighted by Gasteiger charge is -2.00. The molecule has 0 saturated carbocycles. The van der Waals surface area contributed by atoms with Crippen LogP contribution in [0.25, 0.3) is 0 Å². The summed E-state index contributed by atoms with van der Waals surface area (Å²) in [7, 11) is -3.66. The number of aromatic nitrogens is 2. The highest BCUT2D eigenvalue weighted by Crippen LogP contribution is 2.16. The van der Waals surface area contributed by atoms with Crippen LogP contribution in [-0.4, -0.2) is 18.2 Å². The molecule has 6 heteroatoms. The fourth-order valence-electron chi connectivity index (χ4n) is 1.16. The van der Waals surface area contributed by atoms with Gasteiger partial charge in [-0.1, -0.05) is 13.8 Å². The Morgan fingerprint density at radius 1 is 1.57 bits per heavy atom. The van der Waals surface area contributed by atoms with Gasteiger partial charge in [-0.3, -0.25) is 4.68 Å². The van der Waals surface area contributed by atoms with Gasteiger partial charge in [0.15, 0.2) is 5.03 Å². The zero-order valence-electron chi connectivity index (χ0n) is 8.56. The van der Waals surface area contributed by atoms with Crippen molar-refractivity contribution >= 4 is 10.0 Å². The van der Waals surface area contributed by atoms with Crippen LogP contribution in [0.5, 0.6) is 0 Å². The lowest BCUT2D eigenvalue weighted by molar-refractivity contribution is 0.551. The first-order valence-electron chi connectivity index (χ1n) is 4.46. The number of hydrogen-bond acceptors (Lipinski definition) is 3. The molecule has 0 aromatic carbocycles. The maximum atomic E-state index is 11.2. The Kier molecular flexibility index (Phi) is 2.96. The first-order chi connectivity index (χ1) is 6.36. The average molecular weight is 217 g/mol. The van der Waals surface area contributed by atoms with Crippen LogP contribution in [0.15, 0.2) is 11.1 Å². The quantitative estimate of drug-likeness (QED) is 0.808. The lowest BCUT2D eigenvalue weighted by Crippen LogP contribution is -2.17. The van der Waals surface area contributed by atoms with Crippen molar-refractivity contribution in [2.45, 2.75) is 38.3 Å². The minimum atomic E-state index is -3.66. The van der Waals surface area contributed by atoms with Crippen molar-refractivity contribution in [1.29, 1.82) is 0 Å². The molecule has 14 heavy (non-hydrogen) atoms. The fourth-order valence-corrected chi connectivity index (χ4v) is 1.90. The SMILES string of the molecule is CCn1nc(C(C)C)cc1S(N)(=O)=O. The second-order valence-electron chi connectivity index (χ2n) is 3.42. The maximum absolute atomic E-state index is 11.2. The minimum absolute atomic E-state index is 0.0868. The normalized spacial score (nSPS) is 12.4. The molecule has 0 atom stereocenters. The predicted octanol–water partition coefficient (Wildman–Crippen LogP) is 0.674. The highest BCUT2D eigenvalue weighted by Gasteiger charge is 2.17. The summed E-state index contributed by atoms with van der Waals surface area (Å²) >= 11 is 0. The Hall–Kier alpha value is -0.880. The van der Waals surface area contributed by atoms with Crippen molar-refractivity contribution in [3.05, 3.63) is 11.8 Å². The molecule has 1 aromatic heterocycles. The molecule has 0 spiro atoms. The summed E-state index contributed by atoms with van der Waals surface area (Å²) in [5.74, 6) is 0.197. The van der Waals surface area contributed by atoms with E-state index in [2.05, 4.69) is 5.10 Å². The molecule has 0 aliphatic heterocycles. The second kappa shape index (κ2) is 3.70. The molecule has 5 nitrogen and oxygen atoms in total. The molecule has 0 aliphatic carbocycles. The highest BCUT2D eigenvalue weighted by atomic mass is 32.2. The minimum Gasteiger partial charge on any atom is -0.253 e. The predicted molar refractivity (Wildman–Crippen MR) is 53.4 cm³/mol. The third-order valence-corrected chi connectivity index (χ3v) is 2.86. The number of primary sulfonamides is 1. The third-order valence-electron chi connectivity index (χ3n) is 1.94. The van der Waals surface area contributed by atoms with Gasteiger partial charge < -0.3 is 0 Å². The van der Waals surface area contributed by atoms with E-state index < -0.39 is 10.0 Å². The van der Waals surface area contributed by atoms with Gasteiger partial charge in [0.1, 0.15) is 0 Å². The zero-order chi connectivity index (χ0) is 10.9. The van der Waals surface area contributed by atoms with Crippen molar-refractivity contribution in [1.82, 2.24) is 9.78 Å². The smallest absolute Gasteiger partial charge is 0.253 e. The maximum Gasteiger partial charge on any atom is 0.255 e. The molecule has 0 saturated heterocycles. The topological polar surface area (TPSA) is 78.0 Å². The number of nitrogens with zero attached hydrogens (tertiary/aromatic N) is 2. The van der Waals surface area contributed by atoms with Crippen molar-refractivity contribution in [3.63, 3.8) is 0 Å². The molecular weight excluding hydrogens is 202 g/mol.